The third kappa shape index (κ3) is 4.34. The summed E-state index contributed by atoms with van der Waals surface area (Å²) in [5.74, 6) is -1.45. The fourth-order valence-corrected chi connectivity index (χ4v) is 5.38. The molecule has 0 aliphatic carbocycles. The molecule has 1 aromatic heterocycles. The molecule has 28 heavy (non-hydrogen) atoms. The van der Waals surface area contributed by atoms with Crippen LogP contribution < -0.4 is 0 Å². The van der Waals surface area contributed by atoms with Crippen molar-refractivity contribution in [2.45, 2.75) is 36.8 Å². The van der Waals surface area contributed by atoms with E-state index in [2.05, 4.69) is 20.8 Å². The Bertz CT molecular complexity index is 1090. The maximum absolute atomic E-state index is 12.9. The van der Waals surface area contributed by atoms with Crippen molar-refractivity contribution in [3.8, 4) is 10.4 Å². The van der Waals surface area contributed by atoms with E-state index in [1.165, 1.54) is 0 Å². The predicted molar refractivity (Wildman–Crippen MR) is 113 cm³/mol. The Morgan fingerprint density at radius 3 is 2.14 bits per heavy atom. The van der Waals surface area contributed by atoms with E-state index in [1.807, 2.05) is 42.5 Å². The van der Waals surface area contributed by atoms with Crippen molar-refractivity contribution < 1.29 is 18.3 Å². The Labute approximate surface area is 169 Å². The van der Waals surface area contributed by atoms with E-state index in [1.54, 1.807) is 18.2 Å². The van der Waals surface area contributed by atoms with E-state index in [-0.39, 0.29) is 20.9 Å². The smallest absolute Gasteiger partial charge is 0.346 e. The van der Waals surface area contributed by atoms with Crippen molar-refractivity contribution in [2.24, 2.45) is 0 Å². The number of rotatable bonds is 5. The Kier molecular flexibility index (Phi) is 5.46. The largest absolute Gasteiger partial charge is 0.477 e. The van der Waals surface area contributed by atoms with Crippen LogP contribution in [-0.4, -0.2) is 19.5 Å². The standard InChI is InChI=1S/C22H22O4S2/c1-22(2,3)17-9-11-18(12-10-17)28(25,26)14-16-13-19(27-20(16)21(23)24)15-7-5-4-6-8-15/h4-13H,14H2,1-3H3,(H,23,24). The van der Waals surface area contributed by atoms with Gasteiger partial charge in [0.15, 0.2) is 9.84 Å². The van der Waals surface area contributed by atoms with Crippen LogP contribution in [0.3, 0.4) is 0 Å². The van der Waals surface area contributed by atoms with Gasteiger partial charge in [-0.05, 0) is 40.3 Å². The maximum atomic E-state index is 12.9. The summed E-state index contributed by atoms with van der Waals surface area (Å²) in [6.45, 7) is 6.18. The van der Waals surface area contributed by atoms with Gasteiger partial charge in [0.2, 0.25) is 0 Å². The number of carbonyl (C=O) groups is 1. The third-order valence-electron chi connectivity index (χ3n) is 4.49. The van der Waals surface area contributed by atoms with Gasteiger partial charge in [-0.2, -0.15) is 0 Å². The van der Waals surface area contributed by atoms with Gasteiger partial charge in [0, 0.05) is 4.88 Å². The number of sulfone groups is 1. The van der Waals surface area contributed by atoms with Gasteiger partial charge in [-0.1, -0.05) is 63.2 Å². The predicted octanol–water partition coefficient (Wildman–Crippen LogP) is 5.38. The van der Waals surface area contributed by atoms with Gasteiger partial charge in [-0.25, -0.2) is 13.2 Å². The average molecular weight is 415 g/mol. The van der Waals surface area contributed by atoms with Crippen molar-refractivity contribution >= 4 is 27.1 Å². The molecule has 0 unspecified atom stereocenters. The highest BCUT2D eigenvalue weighted by atomic mass is 32.2. The molecule has 0 spiro atoms. The quantitative estimate of drug-likeness (QED) is 0.608. The highest BCUT2D eigenvalue weighted by Crippen LogP contribution is 2.34. The molecular formula is C22H22O4S2. The summed E-state index contributed by atoms with van der Waals surface area (Å²) in [5.41, 5.74) is 2.15. The number of carboxylic acid groups (broad SMARTS) is 1. The van der Waals surface area contributed by atoms with Crippen molar-refractivity contribution in [2.75, 3.05) is 0 Å². The molecule has 0 saturated carbocycles. The van der Waals surface area contributed by atoms with Crippen LogP contribution in [0.2, 0.25) is 0 Å². The first-order valence-electron chi connectivity index (χ1n) is 8.83. The van der Waals surface area contributed by atoms with E-state index in [0.29, 0.717) is 5.56 Å². The summed E-state index contributed by atoms with van der Waals surface area (Å²) in [6, 6.07) is 17.9. The molecule has 0 aliphatic heterocycles. The topological polar surface area (TPSA) is 71.4 Å². The summed E-state index contributed by atoms with van der Waals surface area (Å²) in [5, 5.41) is 9.53. The molecule has 0 radical (unpaired) electrons. The summed E-state index contributed by atoms with van der Waals surface area (Å²) in [7, 11) is -3.66. The van der Waals surface area contributed by atoms with Crippen molar-refractivity contribution in [3.63, 3.8) is 0 Å². The molecule has 1 heterocycles. The first-order chi connectivity index (χ1) is 13.1. The molecule has 0 atom stereocenters. The highest BCUT2D eigenvalue weighted by Gasteiger charge is 2.23. The SMILES string of the molecule is CC(C)(C)c1ccc(S(=O)(=O)Cc2cc(-c3ccccc3)sc2C(=O)O)cc1. The van der Waals surface area contributed by atoms with Gasteiger partial charge in [-0.15, -0.1) is 11.3 Å². The first kappa shape index (κ1) is 20.3. The number of carboxylic acids is 1. The van der Waals surface area contributed by atoms with Crippen LogP contribution in [0.5, 0.6) is 0 Å². The molecule has 4 nitrogen and oxygen atoms in total. The lowest BCUT2D eigenvalue weighted by atomic mass is 9.87. The normalized spacial score (nSPS) is 12.1. The van der Waals surface area contributed by atoms with Crippen LogP contribution in [0.1, 0.15) is 41.6 Å². The lowest BCUT2D eigenvalue weighted by molar-refractivity contribution is 0.0701. The fraction of sp³-hybridized carbons (Fsp3) is 0.227. The maximum Gasteiger partial charge on any atom is 0.346 e. The van der Waals surface area contributed by atoms with Crippen LogP contribution >= 0.6 is 11.3 Å². The zero-order valence-corrected chi connectivity index (χ0v) is 17.6. The molecular weight excluding hydrogens is 392 g/mol. The zero-order valence-electron chi connectivity index (χ0n) is 16.0. The number of hydrogen-bond donors (Lipinski definition) is 1. The van der Waals surface area contributed by atoms with E-state index < -0.39 is 15.8 Å². The van der Waals surface area contributed by atoms with Crippen LogP contribution in [0.15, 0.2) is 65.6 Å². The summed E-state index contributed by atoms with van der Waals surface area (Å²) in [4.78, 5) is 12.7. The van der Waals surface area contributed by atoms with Crippen LogP contribution in [-0.2, 0) is 21.0 Å². The van der Waals surface area contributed by atoms with Crippen LogP contribution in [0, 0.1) is 0 Å². The molecule has 0 bridgehead atoms. The molecule has 0 saturated heterocycles. The van der Waals surface area contributed by atoms with Crippen molar-refractivity contribution in [1.82, 2.24) is 0 Å². The summed E-state index contributed by atoms with van der Waals surface area (Å²) >= 11 is 1.10. The van der Waals surface area contributed by atoms with Crippen molar-refractivity contribution in [1.29, 1.82) is 0 Å². The second kappa shape index (κ2) is 7.53. The van der Waals surface area contributed by atoms with Gasteiger partial charge in [0.25, 0.3) is 0 Å². The average Bonchev–Trinajstić information content (AvgIpc) is 3.05. The molecule has 0 aliphatic rings. The van der Waals surface area contributed by atoms with Gasteiger partial charge >= 0.3 is 5.97 Å². The van der Waals surface area contributed by atoms with E-state index >= 15 is 0 Å². The van der Waals surface area contributed by atoms with Crippen molar-refractivity contribution in [3.05, 3.63) is 76.7 Å². The molecule has 0 fully saturated rings. The second-order valence-corrected chi connectivity index (χ2v) is 10.7. The summed E-state index contributed by atoms with van der Waals surface area (Å²) in [6.07, 6.45) is 0. The second-order valence-electron chi connectivity index (χ2n) is 7.67. The number of thiophene rings is 1. The first-order valence-corrected chi connectivity index (χ1v) is 11.3. The Balaban J connectivity index is 1.96. The molecule has 0 amide bonds. The molecule has 2 aromatic carbocycles. The molecule has 3 rings (SSSR count). The van der Waals surface area contributed by atoms with Gasteiger partial charge < -0.3 is 5.11 Å². The van der Waals surface area contributed by atoms with E-state index in [9.17, 15) is 18.3 Å². The lowest BCUT2D eigenvalue weighted by Gasteiger charge is -2.19. The van der Waals surface area contributed by atoms with Gasteiger partial charge in [-0.3, -0.25) is 0 Å². The molecule has 3 aromatic rings. The Hall–Kier alpha value is -2.44. The van der Waals surface area contributed by atoms with E-state index in [0.717, 1.165) is 27.3 Å². The highest BCUT2D eigenvalue weighted by molar-refractivity contribution is 7.90. The zero-order chi connectivity index (χ0) is 20.5. The lowest BCUT2D eigenvalue weighted by Crippen LogP contribution is -2.12. The van der Waals surface area contributed by atoms with E-state index in [4.69, 9.17) is 0 Å². The number of aromatic carboxylic acids is 1. The minimum Gasteiger partial charge on any atom is -0.477 e. The molecule has 146 valence electrons. The van der Waals surface area contributed by atoms with Crippen LogP contribution in [0.25, 0.3) is 10.4 Å². The van der Waals surface area contributed by atoms with Gasteiger partial charge in [0.1, 0.15) is 4.88 Å². The number of hydrogen-bond acceptors (Lipinski definition) is 4. The Morgan fingerprint density at radius 1 is 1.00 bits per heavy atom. The molecule has 6 heteroatoms. The number of benzene rings is 2. The minimum absolute atomic E-state index is 0.0636. The Morgan fingerprint density at radius 2 is 1.61 bits per heavy atom. The van der Waals surface area contributed by atoms with Gasteiger partial charge in [0.05, 0.1) is 10.6 Å². The molecule has 1 N–H and O–H groups in total. The monoisotopic (exact) mass is 414 g/mol. The fourth-order valence-electron chi connectivity index (χ4n) is 2.91. The summed E-state index contributed by atoms with van der Waals surface area (Å²) < 4.78 is 25.8. The minimum atomic E-state index is -3.66. The van der Waals surface area contributed by atoms with Crippen LogP contribution in [0.4, 0.5) is 0 Å². The third-order valence-corrected chi connectivity index (χ3v) is 7.38.